The number of hydrogen-bond donors (Lipinski definition) is 2. The van der Waals surface area contributed by atoms with E-state index in [0.29, 0.717) is 23.0 Å². The number of piperidine rings is 1. The van der Waals surface area contributed by atoms with E-state index in [4.69, 9.17) is 5.73 Å². The van der Waals surface area contributed by atoms with E-state index in [1.807, 2.05) is 12.1 Å². The first-order valence-corrected chi connectivity index (χ1v) is 11.2. The molecule has 0 atom stereocenters. The molecule has 6 rings (SSSR count). The lowest BCUT2D eigenvalue weighted by atomic mass is 9.90. The second kappa shape index (κ2) is 6.84. The van der Waals surface area contributed by atoms with Crippen molar-refractivity contribution in [2.45, 2.75) is 50.5 Å². The van der Waals surface area contributed by atoms with E-state index in [-0.39, 0.29) is 5.56 Å². The molecule has 3 heterocycles. The number of aromatic nitrogens is 3. The number of imidazole rings is 1. The van der Waals surface area contributed by atoms with Crippen LogP contribution in [0, 0.1) is 0 Å². The van der Waals surface area contributed by atoms with Crippen molar-refractivity contribution in [2.75, 3.05) is 18.8 Å². The van der Waals surface area contributed by atoms with Gasteiger partial charge in [-0.1, -0.05) is 25.0 Å². The maximum atomic E-state index is 12.9. The zero-order chi connectivity index (χ0) is 20.2. The highest BCUT2D eigenvalue weighted by atomic mass is 16.1. The Bertz CT molecular complexity index is 1320. The van der Waals surface area contributed by atoms with Gasteiger partial charge in [0.15, 0.2) is 0 Å². The number of nitrogens with one attached hydrogen (secondary N) is 1. The van der Waals surface area contributed by atoms with Gasteiger partial charge in [0.1, 0.15) is 0 Å². The van der Waals surface area contributed by atoms with Crippen molar-refractivity contribution in [1.29, 1.82) is 0 Å². The van der Waals surface area contributed by atoms with Crippen LogP contribution in [0.3, 0.4) is 0 Å². The van der Waals surface area contributed by atoms with Gasteiger partial charge in [-0.2, -0.15) is 4.98 Å². The van der Waals surface area contributed by atoms with Crippen molar-refractivity contribution in [3.63, 3.8) is 0 Å². The molecular formula is C24H27N5O. The number of fused-ring (bicyclic) bond motifs is 5. The zero-order valence-electron chi connectivity index (χ0n) is 17.1. The van der Waals surface area contributed by atoms with E-state index in [9.17, 15) is 4.79 Å². The molecule has 3 N–H and O–H groups in total. The number of nitrogen functional groups attached to an aromatic ring is 1. The van der Waals surface area contributed by atoms with Crippen LogP contribution in [0.15, 0.2) is 41.2 Å². The van der Waals surface area contributed by atoms with Gasteiger partial charge in [0.05, 0.1) is 21.9 Å². The number of rotatable bonds is 2. The van der Waals surface area contributed by atoms with Crippen LogP contribution in [0.5, 0.6) is 0 Å². The number of nitrogens with zero attached hydrogens (tertiary/aromatic N) is 3. The minimum atomic E-state index is -0.233. The van der Waals surface area contributed by atoms with Gasteiger partial charge in [-0.05, 0) is 74.5 Å². The topological polar surface area (TPSA) is 77.3 Å². The second-order valence-electron chi connectivity index (χ2n) is 8.87. The number of anilines is 1. The Balaban J connectivity index is 1.71. The molecule has 2 aromatic carbocycles. The second-order valence-corrected chi connectivity index (χ2v) is 8.87. The van der Waals surface area contributed by atoms with Crippen molar-refractivity contribution in [1.82, 2.24) is 19.3 Å². The summed E-state index contributed by atoms with van der Waals surface area (Å²) in [5, 5.41) is 3.98. The average molecular weight is 402 g/mol. The van der Waals surface area contributed by atoms with E-state index in [0.717, 1.165) is 42.7 Å². The van der Waals surface area contributed by atoms with Gasteiger partial charge in [-0.3, -0.25) is 9.20 Å². The van der Waals surface area contributed by atoms with Crippen LogP contribution in [0.1, 0.15) is 56.0 Å². The fraction of sp³-hybridized carbons (Fsp3) is 0.417. The maximum Gasteiger partial charge on any atom is 0.284 e. The molecule has 6 heteroatoms. The molecule has 1 saturated heterocycles. The third kappa shape index (κ3) is 2.59. The summed E-state index contributed by atoms with van der Waals surface area (Å²) in [5.74, 6) is 1.34. The van der Waals surface area contributed by atoms with Gasteiger partial charge in [0, 0.05) is 11.7 Å². The van der Waals surface area contributed by atoms with Crippen LogP contribution in [0.2, 0.25) is 0 Å². The van der Waals surface area contributed by atoms with Crippen molar-refractivity contribution in [2.24, 2.45) is 0 Å². The van der Waals surface area contributed by atoms with E-state index in [2.05, 4.69) is 37.5 Å². The molecule has 0 unspecified atom stereocenters. The van der Waals surface area contributed by atoms with Crippen LogP contribution in [-0.2, 0) is 0 Å². The summed E-state index contributed by atoms with van der Waals surface area (Å²) in [6.45, 7) is 2.15. The summed E-state index contributed by atoms with van der Waals surface area (Å²) >= 11 is 0. The Morgan fingerprint density at radius 2 is 1.77 bits per heavy atom. The molecule has 1 aliphatic heterocycles. The number of benzene rings is 2. The van der Waals surface area contributed by atoms with Crippen LogP contribution >= 0.6 is 0 Å². The monoisotopic (exact) mass is 401 g/mol. The van der Waals surface area contributed by atoms with Crippen molar-refractivity contribution >= 4 is 33.4 Å². The molecule has 1 saturated carbocycles. The summed E-state index contributed by atoms with van der Waals surface area (Å²) < 4.78 is 4.49. The maximum absolute atomic E-state index is 12.9. The normalized spacial score (nSPS) is 18.8. The summed E-state index contributed by atoms with van der Waals surface area (Å²) in [4.78, 5) is 17.5. The van der Waals surface area contributed by atoms with E-state index >= 15 is 0 Å². The molecule has 2 aromatic heterocycles. The predicted octanol–water partition coefficient (Wildman–Crippen LogP) is 3.97. The molecule has 154 valence electrons. The van der Waals surface area contributed by atoms with Gasteiger partial charge < -0.3 is 15.6 Å². The number of hydrogen-bond acceptors (Lipinski definition) is 4. The minimum Gasteiger partial charge on any atom is -0.398 e. The molecule has 4 aromatic rings. The van der Waals surface area contributed by atoms with Gasteiger partial charge in [-0.15, -0.1) is 0 Å². The molecule has 30 heavy (non-hydrogen) atoms. The largest absolute Gasteiger partial charge is 0.398 e. The first kappa shape index (κ1) is 18.0. The summed E-state index contributed by atoms with van der Waals surface area (Å²) in [7, 11) is 0. The molecule has 0 bridgehead atoms. The zero-order valence-corrected chi connectivity index (χ0v) is 17.1. The molecular weight excluding hydrogens is 374 g/mol. The Kier molecular flexibility index (Phi) is 4.09. The Morgan fingerprint density at radius 1 is 0.967 bits per heavy atom. The fourth-order valence-electron chi connectivity index (χ4n) is 5.64. The van der Waals surface area contributed by atoms with E-state index in [1.54, 1.807) is 6.07 Å². The lowest BCUT2D eigenvalue weighted by molar-refractivity contribution is 0.460. The van der Waals surface area contributed by atoms with E-state index < -0.39 is 0 Å². The van der Waals surface area contributed by atoms with Gasteiger partial charge in [0.2, 0.25) is 5.78 Å². The summed E-state index contributed by atoms with van der Waals surface area (Å²) in [6, 6.07) is 12.9. The third-order valence-corrected chi connectivity index (χ3v) is 7.15. The fourth-order valence-corrected chi connectivity index (χ4v) is 5.64. The van der Waals surface area contributed by atoms with Gasteiger partial charge >= 0.3 is 0 Å². The molecule has 0 radical (unpaired) electrons. The first-order chi connectivity index (χ1) is 14.7. The lowest BCUT2D eigenvalue weighted by Crippen LogP contribution is -2.26. The van der Waals surface area contributed by atoms with Crippen molar-refractivity contribution in [3.8, 4) is 0 Å². The smallest absolute Gasteiger partial charge is 0.284 e. The van der Waals surface area contributed by atoms with Crippen molar-refractivity contribution in [3.05, 3.63) is 52.3 Å². The highest BCUT2D eigenvalue weighted by Gasteiger charge is 2.25. The minimum absolute atomic E-state index is 0.233. The Hall–Kier alpha value is -2.86. The molecule has 0 spiro atoms. The highest BCUT2D eigenvalue weighted by Crippen LogP contribution is 2.37. The van der Waals surface area contributed by atoms with Gasteiger partial charge in [-0.25, -0.2) is 0 Å². The number of nitrogens with two attached hydrogens (primary N) is 1. The summed E-state index contributed by atoms with van der Waals surface area (Å²) in [5.41, 5.74) is 11.0. The average Bonchev–Trinajstić information content (AvgIpc) is 3.39. The standard InChI is InChI=1S/C24H27N5O/c25-18-6-3-7-20-22(18)23(30)27-24-28(17-4-1-2-5-17)21-14-16(8-9-19(21)29(20)24)15-10-12-26-13-11-15/h3,6-9,14-15,17,26H,1-2,4-5,10-13,25H2. The summed E-state index contributed by atoms with van der Waals surface area (Å²) in [6.07, 6.45) is 7.09. The predicted molar refractivity (Wildman–Crippen MR) is 121 cm³/mol. The van der Waals surface area contributed by atoms with Crippen LogP contribution in [-0.4, -0.2) is 27.0 Å². The first-order valence-electron chi connectivity index (χ1n) is 11.2. The molecule has 2 aliphatic rings. The SMILES string of the molecule is Nc1cccc2c1c(=O)nc1n(C3CCCC3)c3cc(C4CCNCC4)ccc3n21. The molecule has 2 fully saturated rings. The van der Waals surface area contributed by atoms with Crippen LogP contribution in [0.25, 0.3) is 27.7 Å². The Morgan fingerprint density at radius 3 is 2.57 bits per heavy atom. The highest BCUT2D eigenvalue weighted by molar-refractivity contribution is 5.95. The lowest BCUT2D eigenvalue weighted by Gasteiger charge is -2.23. The quantitative estimate of drug-likeness (QED) is 0.498. The van der Waals surface area contributed by atoms with Crippen LogP contribution in [0.4, 0.5) is 5.69 Å². The van der Waals surface area contributed by atoms with Crippen molar-refractivity contribution < 1.29 is 0 Å². The third-order valence-electron chi connectivity index (χ3n) is 7.15. The Labute approximate surface area is 174 Å². The molecule has 0 amide bonds. The molecule has 6 nitrogen and oxygen atoms in total. The van der Waals surface area contributed by atoms with Gasteiger partial charge in [0.25, 0.3) is 5.56 Å². The van der Waals surface area contributed by atoms with Crippen LogP contribution < -0.4 is 16.6 Å². The van der Waals surface area contributed by atoms with E-state index in [1.165, 1.54) is 36.8 Å². The molecule has 1 aliphatic carbocycles.